The van der Waals surface area contributed by atoms with Gasteiger partial charge in [0.1, 0.15) is 17.4 Å². The largest absolute Gasteiger partial charge is 0.497 e. The molecule has 9 heteroatoms. The van der Waals surface area contributed by atoms with Crippen LogP contribution in [0.5, 0.6) is 5.75 Å². The minimum atomic E-state index is -1.41. The Kier molecular flexibility index (Phi) is 5.65. The van der Waals surface area contributed by atoms with Crippen LogP contribution in [0.1, 0.15) is 11.1 Å². The Morgan fingerprint density at radius 2 is 1.88 bits per heavy atom. The van der Waals surface area contributed by atoms with Crippen LogP contribution in [-0.4, -0.2) is 36.2 Å². The first-order chi connectivity index (χ1) is 16.4. The lowest BCUT2D eigenvalue weighted by atomic mass is 10.1. The number of carbonyl (C=O) groups is 2. The molecule has 1 N–H and O–H groups in total. The highest BCUT2D eigenvalue weighted by Crippen LogP contribution is 2.54. The van der Waals surface area contributed by atoms with Crippen LogP contribution in [0.15, 0.2) is 66.7 Å². The number of nitrogens with zero attached hydrogens (tertiary/aromatic N) is 2. The summed E-state index contributed by atoms with van der Waals surface area (Å²) in [7, 11) is 1.53. The van der Waals surface area contributed by atoms with E-state index < -0.39 is 22.5 Å². The topological polar surface area (TPSA) is 61.9 Å². The molecule has 3 aromatic rings. The fraction of sp³-hybridized carbons (Fsp3) is 0.200. The highest BCUT2D eigenvalue weighted by molar-refractivity contribution is 8.01. The monoisotopic (exact) mass is 481 g/mol. The van der Waals surface area contributed by atoms with Crippen LogP contribution in [0.2, 0.25) is 0 Å². The average Bonchev–Trinajstić information content (AvgIpc) is 3.36. The van der Waals surface area contributed by atoms with Crippen LogP contribution in [-0.2, 0) is 16.2 Å². The molecule has 3 amide bonds. The van der Waals surface area contributed by atoms with Crippen molar-refractivity contribution in [1.82, 2.24) is 4.90 Å². The summed E-state index contributed by atoms with van der Waals surface area (Å²) in [6.45, 7) is 0.402. The molecule has 1 spiro atoms. The number of ether oxygens (including phenoxy) is 1. The Morgan fingerprint density at radius 3 is 2.68 bits per heavy atom. The van der Waals surface area contributed by atoms with Gasteiger partial charge in [-0.1, -0.05) is 18.2 Å². The Bertz CT molecular complexity index is 1290. The van der Waals surface area contributed by atoms with Crippen molar-refractivity contribution in [3.8, 4) is 5.75 Å². The van der Waals surface area contributed by atoms with Crippen LogP contribution in [0, 0.1) is 11.6 Å². The standard InChI is InChI=1S/C25H21F2N3O3S/c1-33-20-7-3-6-19(14-20)28-24(32)30-10-11-34-25(30)21-13-18(27)8-9-22(21)29(23(25)31)15-16-4-2-5-17(26)12-16/h2-9,12-14H,10-11,15H2,1H3,(H,28,32)/t25-/m1/s1. The molecule has 174 valence electrons. The Hall–Kier alpha value is -3.59. The summed E-state index contributed by atoms with van der Waals surface area (Å²) in [5.41, 5.74) is 2.02. The maximum Gasteiger partial charge on any atom is 0.323 e. The highest BCUT2D eigenvalue weighted by atomic mass is 32.2. The van der Waals surface area contributed by atoms with Crippen LogP contribution in [0.25, 0.3) is 0 Å². The number of halogens is 2. The van der Waals surface area contributed by atoms with Crippen molar-refractivity contribution in [2.45, 2.75) is 11.4 Å². The lowest BCUT2D eigenvalue weighted by molar-refractivity contribution is -0.123. The van der Waals surface area contributed by atoms with Gasteiger partial charge in [0, 0.05) is 29.6 Å². The molecule has 34 heavy (non-hydrogen) atoms. The maximum atomic E-state index is 14.4. The summed E-state index contributed by atoms with van der Waals surface area (Å²) >= 11 is 1.29. The summed E-state index contributed by atoms with van der Waals surface area (Å²) in [5, 5.41) is 2.83. The third-order valence-corrected chi connectivity index (χ3v) is 7.37. The summed E-state index contributed by atoms with van der Waals surface area (Å²) in [6, 6.07) is 16.5. The number of amides is 3. The van der Waals surface area contributed by atoms with Crippen molar-refractivity contribution in [3.63, 3.8) is 0 Å². The predicted octanol–water partition coefficient (Wildman–Crippen LogP) is 4.95. The Morgan fingerprint density at radius 1 is 1.09 bits per heavy atom. The molecule has 2 heterocycles. The second-order valence-corrected chi connectivity index (χ2v) is 9.28. The second-order valence-electron chi connectivity index (χ2n) is 7.99. The van der Waals surface area contributed by atoms with Crippen molar-refractivity contribution in [3.05, 3.63) is 89.5 Å². The molecule has 0 saturated carbocycles. The molecular formula is C25H21F2N3O3S. The number of urea groups is 1. The molecule has 0 radical (unpaired) electrons. The predicted molar refractivity (Wildman–Crippen MR) is 127 cm³/mol. The van der Waals surface area contributed by atoms with E-state index in [0.717, 1.165) is 0 Å². The molecular weight excluding hydrogens is 460 g/mol. The number of methoxy groups -OCH3 is 1. The van der Waals surface area contributed by atoms with Gasteiger partial charge in [0.2, 0.25) is 0 Å². The van der Waals surface area contributed by atoms with Crippen molar-refractivity contribution in [2.24, 2.45) is 0 Å². The van der Waals surface area contributed by atoms with Gasteiger partial charge in [0.25, 0.3) is 5.91 Å². The average molecular weight is 482 g/mol. The van der Waals surface area contributed by atoms with E-state index in [-0.39, 0.29) is 12.5 Å². The molecule has 0 aromatic heterocycles. The molecule has 6 nitrogen and oxygen atoms in total. The Balaban J connectivity index is 1.52. The number of hydrogen-bond donors (Lipinski definition) is 1. The molecule has 1 saturated heterocycles. The normalized spacial score (nSPS) is 19.0. The first-order valence-corrected chi connectivity index (χ1v) is 11.6. The number of rotatable bonds is 4. The number of hydrogen-bond acceptors (Lipinski definition) is 4. The minimum Gasteiger partial charge on any atom is -0.497 e. The summed E-state index contributed by atoms with van der Waals surface area (Å²) in [4.78, 5) is 28.8. The van der Waals surface area contributed by atoms with E-state index >= 15 is 0 Å². The maximum absolute atomic E-state index is 14.4. The molecule has 1 atom stereocenters. The number of benzene rings is 3. The third kappa shape index (κ3) is 3.66. The van der Waals surface area contributed by atoms with Crippen molar-refractivity contribution >= 4 is 35.1 Å². The van der Waals surface area contributed by atoms with Gasteiger partial charge in [0.05, 0.1) is 19.3 Å². The van der Waals surface area contributed by atoms with Gasteiger partial charge in [-0.05, 0) is 48.0 Å². The molecule has 0 unspecified atom stereocenters. The van der Waals surface area contributed by atoms with Crippen LogP contribution in [0.4, 0.5) is 25.0 Å². The van der Waals surface area contributed by atoms with Gasteiger partial charge < -0.3 is 15.0 Å². The number of anilines is 2. The van der Waals surface area contributed by atoms with E-state index in [1.54, 1.807) is 36.4 Å². The zero-order chi connectivity index (χ0) is 23.9. The molecule has 3 aromatic carbocycles. The van der Waals surface area contributed by atoms with Crippen molar-refractivity contribution in [2.75, 3.05) is 29.6 Å². The summed E-state index contributed by atoms with van der Waals surface area (Å²) < 4.78 is 33.4. The smallest absolute Gasteiger partial charge is 0.323 e. The van der Waals surface area contributed by atoms with E-state index in [9.17, 15) is 18.4 Å². The summed E-state index contributed by atoms with van der Waals surface area (Å²) in [5.74, 6) is -0.192. The van der Waals surface area contributed by atoms with Crippen molar-refractivity contribution < 1.29 is 23.1 Å². The van der Waals surface area contributed by atoms with E-state index in [2.05, 4.69) is 5.32 Å². The van der Waals surface area contributed by atoms with Crippen LogP contribution in [0.3, 0.4) is 0 Å². The summed E-state index contributed by atoms with van der Waals surface area (Å²) in [6.07, 6.45) is 0. The number of thioether (sulfide) groups is 1. The molecule has 1 fully saturated rings. The molecule has 2 aliphatic heterocycles. The fourth-order valence-corrected chi connectivity index (χ4v) is 5.91. The quantitative estimate of drug-likeness (QED) is 0.573. The molecule has 0 bridgehead atoms. The SMILES string of the molecule is COc1cccc(NC(=O)N2CCS[C@]23C(=O)N(Cc2cccc(F)c2)c2ccc(F)cc23)c1. The first-order valence-electron chi connectivity index (χ1n) is 10.7. The number of nitrogens with one attached hydrogen (secondary N) is 1. The first kappa shape index (κ1) is 22.2. The van der Waals surface area contributed by atoms with Crippen LogP contribution >= 0.6 is 11.8 Å². The number of fused-ring (bicyclic) bond motifs is 2. The van der Waals surface area contributed by atoms with Crippen molar-refractivity contribution in [1.29, 1.82) is 0 Å². The van der Waals surface area contributed by atoms with E-state index in [0.29, 0.717) is 40.5 Å². The minimum absolute atomic E-state index is 0.100. The molecule has 2 aliphatic rings. The second kappa shape index (κ2) is 8.64. The van der Waals surface area contributed by atoms with E-state index in [1.807, 2.05) is 0 Å². The van der Waals surface area contributed by atoms with Gasteiger partial charge in [-0.2, -0.15) is 0 Å². The lowest BCUT2D eigenvalue weighted by Gasteiger charge is -2.33. The van der Waals surface area contributed by atoms with E-state index in [1.165, 1.54) is 59.0 Å². The Labute approximate surface area is 199 Å². The van der Waals surface area contributed by atoms with Gasteiger partial charge in [-0.3, -0.25) is 9.69 Å². The highest BCUT2D eigenvalue weighted by Gasteiger charge is 2.59. The van der Waals surface area contributed by atoms with Gasteiger partial charge in [-0.15, -0.1) is 11.8 Å². The van der Waals surface area contributed by atoms with Crippen LogP contribution < -0.4 is 15.0 Å². The fourth-order valence-electron chi connectivity index (χ4n) is 4.45. The van der Waals surface area contributed by atoms with Gasteiger partial charge in [-0.25, -0.2) is 13.6 Å². The molecule has 5 rings (SSSR count). The zero-order valence-electron chi connectivity index (χ0n) is 18.3. The third-order valence-electron chi connectivity index (χ3n) is 5.95. The van der Waals surface area contributed by atoms with E-state index in [4.69, 9.17) is 4.74 Å². The zero-order valence-corrected chi connectivity index (χ0v) is 19.1. The van der Waals surface area contributed by atoms with Gasteiger partial charge >= 0.3 is 6.03 Å². The lowest BCUT2D eigenvalue weighted by Crippen LogP contribution is -2.51. The number of carbonyl (C=O) groups excluding carboxylic acids is 2. The van der Waals surface area contributed by atoms with Gasteiger partial charge in [0.15, 0.2) is 4.87 Å². The molecule has 0 aliphatic carbocycles.